The molecule has 0 saturated heterocycles. The molecule has 0 atom stereocenters. The highest BCUT2D eigenvalue weighted by atomic mass is 35.5. The van der Waals surface area contributed by atoms with Crippen LogP contribution in [0.2, 0.25) is 5.02 Å². The molecular formula is C19H15ClN2O. The van der Waals surface area contributed by atoms with Gasteiger partial charge in [0.25, 0.3) is 5.91 Å². The number of nitrogens with one attached hydrogen (secondary N) is 1. The van der Waals surface area contributed by atoms with E-state index in [-0.39, 0.29) is 5.91 Å². The molecule has 0 bridgehead atoms. The molecule has 3 aromatic rings. The van der Waals surface area contributed by atoms with E-state index in [1.165, 1.54) is 11.1 Å². The van der Waals surface area contributed by atoms with Crippen LogP contribution >= 0.6 is 11.6 Å². The third-order valence-corrected chi connectivity index (χ3v) is 3.82. The maximum Gasteiger partial charge on any atom is 0.257 e. The molecule has 0 saturated carbocycles. The number of halogens is 1. The molecule has 0 spiro atoms. The molecule has 3 rings (SSSR count). The van der Waals surface area contributed by atoms with Crippen molar-refractivity contribution in [2.75, 3.05) is 5.32 Å². The van der Waals surface area contributed by atoms with Crippen molar-refractivity contribution in [3.63, 3.8) is 0 Å². The van der Waals surface area contributed by atoms with Crippen LogP contribution < -0.4 is 5.32 Å². The predicted octanol–water partition coefficient (Wildman–Crippen LogP) is 4.58. The highest BCUT2D eigenvalue weighted by molar-refractivity contribution is 6.34. The molecule has 3 nitrogen and oxygen atoms in total. The fraction of sp³-hybridized carbons (Fsp3) is 0.0526. The third kappa shape index (κ3) is 3.96. The number of pyridine rings is 1. The van der Waals surface area contributed by atoms with E-state index in [9.17, 15) is 4.79 Å². The second-order valence-corrected chi connectivity index (χ2v) is 5.57. The zero-order valence-corrected chi connectivity index (χ0v) is 13.1. The van der Waals surface area contributed by atoms with Gasteiger partial charge in [-0.05, 0) is 53.9 Å². The van der Waals surface area contributed by atoms with Crippen LogP contribution in [0.15, 0.2) is 73.1 Å². The topological polar surface area (TPSA) is 42.0 Å². The van der Waals surface area contributed by atoms with E-state index in [1.54, 1.807) is 36.7 Å². The van der Waals surface area contributed by atoms with Crippen molar-refractivity contribution >= 4 is 23.2 Å². The molecule has 1 aromatic heterocycles. The lowest BCUT2D eigenvalue weighted by molar-refractivity contribution is 0.102. The smallest absolute Gasteiger partial charge is 0.257 e. The molecule has 0 fully saturated rings. The number of carbonyl (C=O) groups is 1. The Morgan fingerprint density at radius 1 is 0.913 bits per heavy atom. The summed E-state index contributed by atoms with van der Waals surface area (Å²) in [5, 5.41) is 3.30. The molecule has 23 heavy (non-hydrogen) atoms. The number of carbonyl (C=O) groups excluding carboxylic acids is 1. The summed E-state index contributed by atoms with van der Waals surface area (Å²) < 4.78 is 0. The number of nitrogens with zero attached hydrogens (tertiary/aromatic N) is 1. The van der Waals surface area contributed by atoms with Gasteiger partial charge in [0.1, 0.15) is 0 Å². The monoisotopic (exact) mass is 322 g/mol. The van der Waals surface area contributed by atoms with Crippen LogP contribution in [0.1, 0.15) is 21.5 Å². The standard InChI is InChI=1S/C19H15ClN2O/c20-18-4-2-1-3-17(18)19(23)22-16-7-5-14(6-8-16)13-15-9-11-21-12-10-15/h1-12H,13H2,(H,22,23). The van der Waals surface area contributed by atoms with Crippen molar-refractivity contribution in [1.82, 2.24) is 4.98 Å². The third-order valence-electron chi connectivity index (χ3n) is 3.49. The summed E-state index contributed by atoms with van der Waals surface area (Å²) in [4.78, 5) is 16.2. The molecule has 1 heterocycles. The zero-order valence-electron chi connectivity index (χ0n) is 12.4. The molecule has 0 unspecified atom stereocenters. The lowest BCUT2D eigenvalue weighted by Crippen LogP contribution is -2.12. The predicted molar refractivity (Wildman–Crippen MR) is 92.9 cm³/mol. The average molecular weight is 323 g/mol. The number of hydrogen-bond donors (Lipinski definition) is 1. The summed E-state index contributed by atoms with van der Waals surface area (Å²) in [6.45, 7) is 0. The Balaban J connectivity index is 1.68. The lowest BCUT2D eigenvalue weighted by Gasteiger charge is -2.08. The SMILES string of the molecule is O=C(Nc1ccc(Cc2ccncc2)cc1)c1ccccc1Cl. The Morgan fingerprint density at radius 2 is 1.57 bits per heavy atom. The van der Waals surface area contributed by atoms with Gasteiger partial charge in [0.2, 0.25) is 0 Å². The van der Waals surface area contributed by atoms with Crippen molar-refractivity contribution in [3.05, 3.63) is 94.8 Å². The number of rotatable bonds is 4. The highest BCUT2D eigenvalue weighted by Crippen LogP contribution is 2.18. The first-order valence-electron chi connectivity index (χ1n) is 7.26. The average Bonchev–Trinajstić information content (AvgIpc) is 2.58. The maximum absolute atomic E-state index is 12.2. The molecule has 0 aliphatic carbocycles. The first-order chi connectivity index (χ1) is 11.2. The van der Waals surface area contributed by atoms with Crippen molar-refractivity contribution < 1.29 is 4.79 Å². The van der Waals surface area contributed by atoms with Crippen molar-refractivity contribution in [1.29, 1.82) is 0 Å². The van der Waals surface area contributed by atoms with E-state index < -0.39 is 0 Å². The molecule has 114 valence electrons. The van der Waals surface area contributed by atoms with Crippen LogP contribution in [0.3, 0.4) is 0 Å². The molecular weight excluding hydrogens is 308 g/mol. The van der Waals surface area contributed by atoms with E-state index >= 15 is 0 Å². The van der Waals surface area contributed by atoms with Gasteiger partial charge in [-0.15, -0.1) is 0 Å². The highest BCUT2D eigenvalue weighted by Gasteiger charge is 2.09. The Labute approximate surface area is 140 Å². The number of hydrogen-bond acceptors (Lipinski definition) is 2. The van der Waals surface area contributed by atoms with Gasteiger partial charge in [-0.1, -0.05) is 35.9 Å². The fourth-order valence-electron chi connectivity index (χ4n) is 2.29. The number of amides is 1. The summed E-state index contributed by atoms with van der Waals surface area (Å²) in [7, 11) is 0. The Morgan fingerprint density at radius 3 is 2.26 bits per heavy atom. The van der Waals surface area contributed by atoms with Crippen LogP contribution in [-0.2, 0) is 6.42 Å². The number of benzene rings is 2. The van der Waals surface area contributed by atoms with Gasteiger partial charge in [-0.3, -0.25) is 9.78 Å². The van der Waals surface area contributed by atoms with Crippen LogP contribution in [0.25, 0.3) is 0 Å². The first kappa shape index (κ1) is 15.3. The second kappa shape index (κ2) is 7.07. The van der Waals surface area contributed by atoms with Gasteiger partial charge in [-0.25, -0.2) is 0 Å². The van der Waals surface area contributed by atoms with E-state index in [2.05, 4.69) is 10.3 Å². The molecule has 0 radical (unpaired) electrons. The summed E-state index contributed by atoms with van der Waals surface area (Å²) in [5.74, 6) is -0.211. The van der Waals surface area contributed by atoms with Gasteiger partial charge in [0.05, 0.1) is 10.6 Å². The van der Waals surface area contributed by atoms with Crippen LogP contribution in [0.4, 0.5) is 5.69 Å². The molecule has 1 amide bonds. The second-order valence-electron chi connectivity index (χ2n) is 5.16. The van der Waals surface area contributed by atoms with Crippen LogP contribution in [0, 0.1) is 0 Å². The molecule has 4 heteroatoms. The quantitative estimate of drug-likeness (QED) is 0.764. The van der Waals surface area contributed by atoms with Crippen molar-refractivity contribution in [2.24, 2.45) is 0 Å². The first-order valence-corrected chi connectivity index (χ1v) is 7.64. The van der Waals surface area contributed by atoms with Crippen LogP contribution in [-0.4, -0.2) is 10.9 Å². The minimum Gasteiger partial charge on any atom is -0.322 e. The van der Waals surface area contributed by atoms with Crippen molar-refractivity contribution in [3.8, 4) is 0 Å². The molecule has 2 aromatic carbocycles. The van der Waals surface area contributed by atoms with Gasteiger partial charge < -0.3 is 5.32 Å². The van der Waals surface area contributed by atoms with E-state index in [1.807, 2.05) is 36.4 Å². The molecule has 0 aliphatic rings. The summed E-state index contributed by atoms with van der Waals surface area (Å²) in [6, 6.07) is 18.8. The van der Waals surface area contributed by atoms with E-state index in [0.717, 1.165) is 12.1 Å². The van der Waals surface area contributed by atoms with Gasteiger partial charge >= 0.3 is 0 Å². The Kier molecular flexibility index (Phi) is 4.69. The van der Waals surface area contributed by atoms with Gasteiger partial charge in [0, 0.05) is 18.1 Å². The van der Waals surface area contributed by atoms with Gasteiger partial charge in [0.15, 0.2) is 0 Å². The normalized spacial score (nSPS) is 10.3. The van der Waals surface area contributed by atoms with Crippen LogP contribution in [0.5, 0.6) is 0 Å². The summed E-state index contributed by atoms with van der Waals surface area (Å²) in [5.41, 5.74) is 3.59. The Bertz CT molecular complexity index is 801. The fourth-order valence-corrected chi connectivity index (χ4v) is 2.51. The maximum atomic E-state index is 12.2. The summed E-state index contributed by atoms with van der Waals surface area (Å²) in [6.07, 6.45) is 4.41. The Hall–Kier alpha value is -2.65. The lowest BCUT2D eigenvalue weighted by atomic mass is 10.1. The van der Waals surface area contributed by atoms with E-state index in [4.69, 9.17) is 11.6 Å². The van der Waals surface area contributed by atoms with E-state index in [0.29, 0.717) is 10.6 Å². The minimum atomic E-state index is -0.211. The minimum absolute atomic E-state index is 0.211. The van der Waals surface area contributed by atoms with Crippen molar-refractivity contribution in [2.45, 2.75) is 6.42 Å². The molecule has 0 aliphatic heterocycles. The van der Waals surface area contributed by atoms with Gasteiger partial charge in [-0.2, -0.15) is 0 Å². The summed E-state index contributed by atoms with van der Waals surface area (Å²) >= 11 is 6.03. The zero-order chi connectivity index (χ0) is 16.1. The number of aromatic nitrogens is 1. The molecule has 1 N–H and O–H groups in total. The largest absolute Gasteiger partial charge is 0.322 e. The number of anilines is 1.